The number of thiophene rings is 1. The van der Waals surface area contributed by atoms with Gasteiger partial charge in [0.05, 0.1) is 12.3 Å². The van der Waals surface area contributed by atoms with Gasteiger partial charge < -0.3 is 21.1 Å². The van der Waals surface area contributed by atoms with Gasteiger partial charge in [-0.15, -0.1) is 11.3 Å². The van der Waals surface area contributed by atoms with Crippen molar-refractivity contribution in [2.45, 2.75) is 25.8 Å². The number of anilines is 2. The molecule has 7 heteroatoms. The molecule has 1 fully saturated rings. The van der Waals surface area contributed by atoms with Crippen molar-refractivity contribution in [1.29, 1.82) is 5.26 Å². The van der Waals surface area contributed by atoms with E-state index < -0.39 is 5.97 Å². The van der Waals surface area contributed by atoms with Crippen LogP contribution in [0.4, 0.5) is 10.7 Å². The van der Waals surface area contributed by atoms with Crippen LogP contribution < -0.4 is 16.4 Å². The van der Waals surface area contributed by atoms with E-state index in [4.69, 9.17) is 10.5 Å². The third kappa shape index (κ3) is 3.03. The highest BCUT2D eigenvalue weighted by atomic mass is 32.1. The molecule has 1 aromatic rings. The number of ether oxygens (including phenoxy) is 1. The summed E-state index contributed by atoms with van der Waals surface area (Å²) in [5.41, 5.74) is 6.44. The van der Waals surface area contributed by atoms with Gasteiger partial charge in [0, 0.05) is 6.04 Å². The predicted molar refractivity (Wildman–Crippen MR) is 78.9 cm³/mol. The molecule has 0 amide bonds. The minimum Gasteiger partial charge on any atom is -0.462 e. The predicted octanol–water partition coefficient (Wildman–Crippen LogP) is 1.54. The number of hydrogen-bond acceptors (Lipinski definition) is 7. The average molecular weight is 294 g/mol. The number of nitrogen functional groups attached to an aromatic ring is 1. The summed E-state index contributed by atoms with van der Waals surface area (Å²) in [6, 6.07) is 2.37. The van der Waals surface area contributed by atoms with E-state index in [1.54, 1.807) is 6.92 Å². The molecule has 0 aliphatic carbocycles. The summed E-state index contributed by atoms with van der Waals surface area (Å²) < 4.78 is 4.96. The summed E-state index contributed by atoms with van der Waals surface area (Å²) in [6.45, 7) is 3.92. The third-order valence-electron chi connectivity index (χ3n) is 3.19. The summed E-state index contributed by atoms with van der Waals surface area (Å²) in [5, 5.41) is 16.5. The van der Waals surface area contributed by atoms with Gasteiger partial charge in [-0.25, -0.2) is 4.79 Å². The van der Waals surface area contributed by atoms with Crippen LogP contribution >= 0.6 is 11.3 Å². The van der Waals surface area contributed by atoms with Crippen LogP contribution in [0.1, 0.15) is 35.0 Å². The molecule has 0 radical (unpaired) electrons. The van der Waals surface area contributed by atoms with Crippen molar-refractivity contribution in [1.82, 2.24) is 5.32 Å². The van der Waals surface area contributed by atoms with Crippen LogP contribution in [0.25, 0.3) is 0 Å². The first-order valence-electron chi connectivity index (χ1n) is 6.64. The SMILES string of the molecule is CCOC(=O)c1sc(NC2CCNCC2)c(C#N)c1N. The highest BCUT2D eigenvalue weighted by Crippen LogP contribution is 2.36. The lowest BCUT2D eigenvalue weighted by Gasteiger charge is -2.24. The molecule has 20 heavy (non-hydrogen) atoms. The molecule has 1 aromatic heterocycles. The van der Waals surface area contributed by atoms with Gasteiger partial charge in [0.2, 0.25) is 0 Å². The van der Waals surface area contributed by atoms with Crippen LogP contribution in [0, 0.1) is 11.3 Å². The molecule has 1 aliphatic rings. The van der Waals surface area contributed by atoms with E-state index in [1.165, 1.54) is 11.3 Å². The molecule has 0 unspecified atom stereocenters. The van der Waals surface area contributed by atoms with E-state index in [-0.39, 0.29) is 12.3 Å². The van der Waals surface area contributed by atoms with Crippen LogP contribution in [-0.2, 0) is 4.74 Å². The Labute approximate surface area is 121 Å². The largest absolute Gasteiger partial charge is 0.462 e. The zero-order valence-electron chi connectivity index (χ0n) is 11.4. The van der Waals surface area contributed by atoms with Crippen LogP contribution in [-0.4, -0.2) is 31.7 Å². The summed E-state index contributed by atoms with van der Waals surface area (Å²) in [7, 11) is 0. The molecule has 2 heterocycles. The minimum atomic E-state index is -0.468. The van der Waals surface area contributed by atoms with Crippen LogP contribution in [0.2, 0.25) is 0 Å². The molecule has 0 bridgehead atoms. The molecule has 1 aliphatic heterocycles. The maximum absolute atomic E-state index is 11.8. The fourth-order valence-corrected chi connectivity index (χ4v) is 3.20. The minimum absolute atomic E-state index is 0.215. The standard InChI is InChI=1S/C13H18N4O2S/c1-2-19-13(18)11-10(15)9(7-14)12(20-11)17-8-3-5-16-6-4-8/h8,16-17H,2-6,15H2,1H3. The molecule has 0 spiro atoms. The quantitative estimate of drug-likeness (QED) is 0.728. The number of rotatable bonds is 4. The molecule has 6 nitrogen and oxygen atoms in total. The molecule has 0 aromatic carbocycles. The number of nitrogens with zero attached hydrogens (tertiary/aromatic N) is 1. The Morgan fingerprint density at radius 2 is 2.30 bits per heavy atom. The number of nitriles is 1. The summed E-state index contributed by atoms with van der Waals surface area (Å²) in [6.07, 6.45) is 1.97. The normalized spacial score (nSPS) is 15.6. The van der Waals surface area contributed by atoms with Gasteiger partial charge in [0.15, 0.2) is 0 Å². The van der Waals surface area contributed by atoms with Crippen molar-refractivity contribution in [3.63, 3.8) is 0 Å². The van der Waals surface area contributed by atoms with Crippen molar-refractivity contribution in [3.05, 3.63) is 10.4 Å². The monoisotopic (exact) mass is 294 g/mol. The molecule has 0 atom stereocenters. The first kappa shape index (κ1) is 14.6. The van der Waals surface area contributed by atoms with E-state index in [2.05, 4.69) is 16.7 Å². The molecule has 108 valence electrons. The van der Waals surface area contributed by atoms with Crippen molar-refractivity contribution in [3.8, 4) is 6.07 Å². The first-order valence-corrected chi connectivity index (χ1v) is 7.45. The van der Waals surface area contributed by atoms with Crippen molar-refractivity contribution >= 4 is 28.0 Å². The second-order valence-electron chi connectivity index (χ2n) is 4.55. The van der Waals surface area contributed by atoms with E-state index >= 15 is 0 Å². The Balaban J connectivity index is 2.21. The zero-order chi connectivity index (χ0) is 14.5. The molecule has 2 rings (SSSR count). The number of carbonyl (C=O) groups is 1. The van der Waals surface area contributed by atoms with Gasteiger partial charge in [-0.05, 0) is 32.9 Å². The Morgan fingerprint density at radius 3 is 2.90 bits per heavy atom. The summed E-state index contributed by atoms with van der Waals surface area (Å²) >= 11 is 1.20. The summed E-state index contributed by atoms with van der Waals surface area (Å²) in [5.74, 6) is -0.468. The fraction of sp³-hybridized carbons (Fsp3) is 0.538. The van der Waals surface area contributed by atoms with E-state index in [0.29, 0.717) is 21.5 Å². The van der Waals surface area contributed by atoms with Gasteiger partial charge in [0.25, 0.3) is 0 Å². The van der Waals surface area contributed by atoms with E-state index in [1.807, 2.05) is 0 Å². The number of esters is 1. The topological polar surface area (TPSA) is 100 Å². The van der Waals surface area contributed by atoms with Crippen molar-refractivity contribution in [2.24, 2.45) is 0 Å². The van der Waals surface area contributed by atoms with Gasteiger partial charge >= 0.3 is 5.97 Å². The van der Waals surface area contributed by atoms with E-state index in [0.717, 1.165) is 25.9 Å². The second-order valence-corrected chi connectivity index (χ2v) is 5.57. The lowest BCUT2D eigenvalue weighted by Crippen LogP contribution is -2.35. The molecule has 1 saturated heterocycles. The number of piperidine rings is 1. The summed E-state index contributed by atoms with van der Waals surface area (Å²) in [4.78, 5) is 12.1. The van der Waals surface area contributed by atoms with Crippen molar-refractivity contribution < 1.29 is 9.53 Å². The van der Waals surface area contributed by atoms with Gasteiger partial charge in [0.1, 0.15) is 21.5 Å². The lowest BCUT2D eigenvalue weighted by atomic mass is 10.1. The number of hydrogen-bond donors (Lipinski definition) is 3. The average Bonchev–Trinajstić information content (AvgIpc) is 2.76. The number of nitrogens with two attached hydrogens (primary N) is 1. The second kappa shape index (κ2) is 6.59. The van der Waals surface area contributed by atoms with Crippen LogP contribution in [0.3, 0.4) is 0 Å². The Bertz CT molecular complexity index is 529. The zero-order valence-corrected chi connectivity index (χ0v) is 12.2. The fourth-order valence-electron chi connectivity index (χ4n) is 2.16. The van der Waals surface area contributed by atoms with Gasteiger partial charge in [-0.2, -0.15) is 5.26 Å². The maximum atomic E-state index is 11.8. The molecular formula is C13H18N4O2S. The first-order chi connectivity index (χ1) is 9.67. The third-order valence-corrected chi connectivity index (χ3v) is 4.31. The highest BCUT2D eigenvalue weighted by Gasteiger charge is 2.24. The lowest BCUT2D eigenvalue weighted by molar-refractivity contribution is 0.0533. The molecular weight excluding hydrogens is 276 g/mol. The van der Waals surface area contributed by atoms with Crippen molar-refractivity contribution in [2.75, 3.05) is 30.7 Å². The Hall–Kier alpha value is -1.78. The molecule has 0 saturated carbocycles. The number of nitrogens with one attached hydrogen (secondary N) is 2. The van der Waals surface area contributed by atoms with Crippen LogP contribution in [0.15, 0.2) is 0 Å². The Morgan fingerprint density at radius 1 is 1.60 bits per heavy atom. The van der Waals surface area contributed by atoms with Crippen LogP contribution in [0.5, 0.6) is 0 Å². The Kier molecular flexibility index (Phi) is 4.82. The number of carbonyl (C=O) groups excluding carboxylic acids is 1. The smallest absolute Gasteiger partial charge is 0.350 e. The van der Waals surface area contributed by atoms with E-state index in [9.17, 15) is 10.1 Å². The van der Waals surface area contributed by atoms with Gasteiger partial charge in [-0.3, -0.25) is 0 Å². The van der Waals surface area contributed by atoms with Gasteiger partial charge in [-0.1, -0.05) is 0 Å². The molecule has 4 N–H and O–H groups in total. The highest BCUT2D eigenvalue weighted by molar-refractivity contribution is 7.18. The maximum Gasteiger partial charge on any atom is 0.350 e.